The van der Waals surface area contributed by atoms with Crippen LogP contribution in [0, 0.1) is 0 Å². The molecule has 4 heterocycles. The fourth-order valence-electron chi connectivity index (χ4n) is 7.62. The maximum absolute atomic E-state index is 13.2. The summed E-state index contributed by atoms with van der Waals surface area (Å²) in [5.74, 6) is -0.263. The first-order valence-corrected chi connectivity index (χ1v) is 19.0. The summed E-state index contributed by atoms with van der Waals surface area (Å²) in [6, 6.07) is 22.9. The summed E-state index contributed by atoms with van der Waals surface area (Å²) < 4.78 is 23.7. The van der Waals surface area contributed by atoms with Crippen molar-refractivity contribution in [3.8, 4) is 17.5 Å². The van der Waals surface area contributed by atoms with Gasteiger partial charge in [-0.05, 0) is 72.5 Å². The van der Waals surface area contributed by atoms with Crippen LogP contribution in [0.1, 0.15) is 95.3 Å². The van der Waals surface area contributed by atoms with E-state index >= 15 is 0 Å². The molecule has 2 N–H and O–H groups in total. The fourth-order valence-corrected chi connectivity index (χ4v) is 7.62. The highest BCUT2D eigenvalue weighted by atomic mass is 16.5. The number of carbonyl (C=O) groups excluding carboxylic acids is 4. The van der Waals surface area contributed by atoms with E-state index in [4.69, 9.17) is 18.9 Å². The smallest absolute Gasteiger partial charge is 0.316 e. The third-order valence-corrected chi connectivity index (χ3v) is 10.7. The first-order chi connectivity index (χ1) is 26.8. The summed E-state index contributed by atoms with van der Waals surface area (Å²) in [4.78, 5) is 59.9. The Morgan fingerprint density at radius 3 is 2.25 bits per heavy atom. The Bertz CT molecular complexity index is 2060. The number of hydrogen-bond donors (Lipinski definition) is 2. The molecule has 2 atom stereocenters. The van der Waals surface area contributed by atoms with E-state index in [-0.39, 0.29) is 48.1 Å². The van der Waals surface area contributed by atoms with Crippen molar-refractivity contribution in [2.24, 2.45) is 0 Å². The van der Waals surface area contributed by atoms with Gasteiger partial charge in [-0.1, -0.05) is 31.2 Å². The molecule has 2 saturated heterocycles. The molecule has 284 valence electrons. The van der Waals surface area contributed by atoms with Crippen molar-refractivity contribution in [1.29, 1.82) is 0 Å². The number of imide groups is 2. The van der Waals surface area contributed by atoms with E-state index in [1.807, 2.05) is 30.3 Å². The van der Waals surface area contributed by atoms with Gasteiger partial charge in [-0.15, -0.1) is 0 Å². The Morgan fingerprint density at radius 2 is 1.55 bits per heavy atom. The molecular formula is C42H43N5O8. The number of nitrogens with zero attached hydrogens (tertiary/aromatic N) is 3. The van der Waals surface area contributed by atoms with Gasteiger partial charge in [0.05, 0.1) is 30.0 Å². The summed E-state index contributed by atoms with van der Waals surface area (Å²) in [5.41, 5.74) is 4.39. The summed E-state index contributed by atoms with van der Waals surface area (Å²) >= 11 is 0. The number of rotatable bonds is 13. The molecule has 3 fully saturated rings. The fraction of sp³-hybridized carbons (Fsp3) is 0.381. The number of amides is 4. The molecule has 1 aliphatic carbocycles. The Balaban J connectivity index is 0.804. The zero-order chi connectivity index (χ0) is 37.9. The van der Waals surface area contributed by atoms with Crippen molar-refractivity contribution in [1.82, 2.24) is 20.2 Å². The molecule has 3 aliphatic heterocycles. The molecule has 0 unspecified atom stereocenters. The van der Waals surface area contributed by atoms with Crippen LogP contribution >= 0.6 is 0 Å². The van der Waals surface area contributed by atoms with Gasteiger partial charge in [0, 0.05) is 55.9 Å². The number of hydrogen-bond acceptors (Lipinski definition) is 11. The first-order valence-electron chi connectivity index (χ1n) is 19.0. The number of benzene rings is 3. The zero-order valence-electron chi connectivity index (χ0n) is 30.6. The number of carbonyl (C=O) groups is 4. The maximum atomic E-state index is 13.2. The number of nitrogens with one attached hydrogen (secondary N) is 2. The minimum absolute atomic E-state index is 0.0481. The second-order valence-corrected chi connectivity index (χ2v) is 14.4. The Hall–Kier alpha value is -5.82. The van der Waals surface area contributed by atoms with Crippen molar-refractivity contribution < 1.29 is 38.1 Å². The Labute approximate surface area is 318 Å². The average molecular weight is 746 g/mol. The molecule has 13 nitrogen and oxygen atoms in total. The van der Waals surface area contributed by atoms with E-state index in [2.05, 4.69) is 51.8 Å². The summed E-state index contributed by atoms with van der Waals surface area (Å²) in [5, 5.41) is 5.67. The van der Waals surface area contributed by atoms with Gasteiger partial charge in [0.1, 0.15) is 36.4 Å². The van der Waals surface area contributed by atoms with E-state index in [0.717, 1.165) is 59.9 Å². The molecule has 0 spiro atoms. The average Bonchev–Trinajstić information content (AvgIpc) is 3.43. The van der Waals surface area contributed by atoms with Crippen molar-refractivity contribution in [2.75, 3.05) is 18.5 Å². The summed E-state index contributed by atoms with van der Waals surface area (Å²) in [6.45, 7) is 3.88. The highest BCUT2D eigenvalue weighted by Crippen LogP contribution is 2.34. The molecule has 3 aromatic carbocycles. The first kappa shape index (κ1) is 36.2. The topological polar surface area (TPSA) is 158 Å². The number of anilines is 1. The van der Waals surface area contributed by atoms with E-state index in [1.165, 1.54) is 11.1 Å². The Kier molecular flexibility index (Phi) is 10.4. The van der Waals surface area contributed by atoms with Crippen LogP contribution in [-0.2, 0) is 20.9 Å². The van der Waals surface area contributed by atoms with Crippen LogP contribution in [0.3, 0.4) is 0 Å². The quantitative estimate of drug-likeness (QED) is 0.165. The minimum atomic E-state index is -0.986. The molecule has 1 aromatic heterocycles. The van der Waals surface area contributed by atoms with Crippen LogP contribution in [0.15, 0.2) is 79.0 Å². The molecule has 4 aliphatic rings. The highest BCUT2D eigenvalue weighted by molar-refractivity contribution is 6.23. The van der Waals surface area contributed by atoms with Gasteiger partial charge < -0.3 is 24.3 Å². The number of ether oxygens (including phenoxy) is 4. The second kappa shape index (κ2) is 15.9. The van der Waals surface area contributed by atoms with Gasteiger partial charge in [0.25, 0.3) is 11.8 Å². The highest BCUT2D eigenvalue weighted by Gasteiger charge is 2.45. The molecule has 4 amide bonds. The lowest BCUT2D eigenvalue weighted by atomic mass is 9.88. The van der Waals surface area contributed by atoms with Crippen molar-refractivity contribution in [3.63, 3.8) is 0 Å². The lowest BCUT2D eigenvalue weighted by Gasteiger charge is -2.36. The van der Waals surface area contributed by atoms with E-state index < -0.39 is 29.7 Å². The maximum Gasteiger partial charge on any atom is 0.316 e. The second-order valence-electron chi connectivity index (χ2n) is 14.4. The monoisotopic (exact) mass is 745 g/mol. The van der Waals surface area contributed by atoms with E-state index in [0.29, 0.717) is 25.8 Å². The van der Waals surface area contributed by atoms with Crippen molar-refractivity contribution in [3.05, 3.63) is 107 Å². The predicted molar refractivity (Wildman–Crippen MR) is 200 cm³/mol. The minimum Gasteiger partial charge on any atom is -0.490 e. The van der Waals surface area contributed by atoms with Gasteiger partial charge in [-0.25, -0.2) is 4.98 Å². The Morgan fingerprint density at radius 1 is 0.836 bits per heavy atom. The van der Waals surface area contributed by atoms with Crippen LogP contribution in [0.5, 0.6) is 17.5 Å². The van der Waals surface area contributed by atoms with Crippen LogP contribution in [-0.4, -0.2) is 76.0 Å². The molecule has 1 saturated carbocycles. The lowest BCUT2D eigenvalue weighted by Crippen LogP contribution is -2.54. The zero-order valence-corrected chi connectivity index (χ0v) is 30.6. The molecular weight excluding hydrogens is 702 g/mol. The van der Waals surface area contributed by atoms with Gasteiger partial charge in [0.2, 0.25) is 11.8 Å². The van der Waals surface area contributed by atoms with Gasteiger partial charge in [-0.3, -0.25) is 29.4 Å². The van der Waals surface area contributed by atoms with Gasteiger partial charge in [-0.2, -0.15) is 4.98 Å². The van der Waals surface area contributed by atoms with Crippen molar-refractivity contribution >= 4 is 29.3 Å². The molecule has 0 bridgehead atoms. The van der Waals surface area contributed by atoms with E-state index in [1.54, 1.807) is 24.4 Å². The van der Waals surface area contributed by atoms with E-state index in [9.17, 15) is 19.2 Å². The van der Waals surface area contributed by atoms with Gasteiger partial charge >= 0.3 is 6.01 Å². The number of piperidine rings is 1. The third-order valence-electron chi connectivity index (χ3n) is 10.7. The number of fused-ring (bicyclic) bond motifs is 1. The van der Waals surface area contributed by atoms with Crippen LogP contribution < -0.4 is 24.8 Å². The van der Waals surface area contributed by atoms with Crippen LogP contribution in [0.25, 0.3) is 0 Å². The normalized spacial score (nSPS) is 21.7. The number of aromatic nitrogens is 2. The molecule has 0 radical (unpaired) electrons. The summed E-state index contributed by atoms with van der Waals surface area (Å²) in [7, 11) is 0. The van der Waals surface area contributed by atoms with Crippen LogP contribution in [0.4, 0.5) is 5.69 Å². The standard InChI is InChI=1S/C42H43N5O8/c1-2-34(25-3-8-30(9-4-25)53-24-28-15-18-43-42(45-28)55-32-16-19-52-20-17-32)26-5-10-31(11-6-26)54-33-21-29(22-33)44-27-7-12-35-36(23-27)41(51)47(40(35)50)37-13-14-38(48)46-39(37)49/h3-12,15,18,23,29,32-34,37,44H,2,13-14,16-17,19-22,24H2,1H3,(H,46,48,49)/t29?,33?,34-,37-/m1/s1. The molecule has 13 heteroatoms. The molecule has 8 rings (SSSR count). The molecule has 4 aromatic rings. The van der Waals surface area contributed by atoms with Crippen molar-refractivity contribution in [2.45, 2.75) is 88.7 Å². The third kappa shape index (κ3) is 8.02. The molecule has 55 heavy (non-hydrogen) atoms. The van der Waals surface area contributed by atoms with Gasteiger partial charge in [0.15, 0.2) is 0 Å². The largest absolute Gasteiger partial charge is 0.490 e. The lowest BCUT2D eigenvalue weighted by molar-refractivity contribution is -0.136. The van der Waals surface area contributed by atoms with Crippen LogP contribution in [0.2, 0.25) is 0 Å². The predicted octanol–water partition coefficient (Wildman–Crippen LogP) is 5.58. The SMILES string of the molecule is CC[C@H](c1ccc(OCc2ccnc(OC3CCOCC3)n2)cc1)c1ccc(OC2CC(Nc3ccc4c(c3)C(=O)N([C@@H]3CCC(=O)NC3=O)C4=O)C2)cc1. The summed E-state index contributed by atoms with van der Waals surface area (Å²) in [6.07, 6.45) is 6.19.